The van der Waals surface area contributed by atoms with E-state index in [1.54, 1.807) is 13.1 Å². The highest BCUT2D eigenvalue weighted by Gasteiger charge is 2.22. The van der Waals surface area contributed by atoms with Crippen molar-refractivity contribution in [3.05, 3.63) is 50.5 Å². The summed E-state index contributed by atoms with van der Waals surface area (Å²) < 4.78 is 13.3. The highest BCUT2D eigenvalue weighted by molar-refractivity contribution is 5.89. The van der Waals surface area contributed by atoms with Gasteiger partial charge in [-0.1, -0.05) is 27.2 Å². The van der Waals surface area contributed by atoms with Gasteiger partial charge >= 0.3 is 0 Å². The molecule has 0 saturated heterocycles. The summed E-state index contributed by atoms with van der Waals surface area (Å²) in [5, 5.41) is 11.8. The topological polar surface area (TPSA) is 83.6 Å². The Hall–Kier alpha value is -2.83. The first-order chi connectivity index (χ1) is 13.3. The summed E-state index contributed by atoms with van der Waals surface area (Å²) in [5.74, 6) is 1.44. The predicted octanol–water partition coefficient (Wildman–Crippen LogP) is 4.95. The van der Waals surface area contributed by atoms with Gasteiger partial charge in [0.1, 0.15) is 0 Å². The molecule has 0 radical (unpaired) electrons. The zero-order chi connectivity index (χ0) is 20.8. The van der Waals surface area contributed by atoms with Gasteiger partial charge in [-0.3, -0.25) is 14.9 Å². The van der Waals surface area contributed by atoms with Crippen LogP contribution >= 0.6 is 0 Å². The van der Waals surface area contributed by atoms with Crippen LogP contribution < -0.4 is 15.0 Å². The number of aromatic nitrogens is 1. The average molecular weight is 388 g/mol. The van der Waals surface area contributed by atoms with Crippen molar-refractivity contribution >= 4 is 16.6 Å². The first kappa shape index (κ1) is 21.5. The van der Waals surface area contributed by atoms with Crippen molar-refractivity contribution in [2.75, 3.05) is 6.61 Å². The molecule has 0 fully saturated rings. The van der Waals surface area contributed by atoms with Gasteiger partial charge in [0, 0.05) is 31.0 Å². The van der Waals surface area contributed by atoms with E-state index in [0.29, 0.717) is 41.4 Å². The quantitative estimate of drug-likeness (QED) is 0.345. The van der Waals surface area contributed by atoms with Crippen molar-refractivity contribution in [3.63, 3.8) is 0 Å². The molecule has 2 rings (SSSR count). The maximum atomic E-state index is 13.0. The normalized spacial score (nSPS) is 12.8. The van der Waals surface area contributed by atoms with Crippen LogP contribution in [-0.4, -0.2) is 16.1 Å². The van der Waals surface area contributed by atoms with E-state index in [9.17, 15) is 14.9 Å². The maximum Gasteiger partial charge on any atom is 0.297 e. The van der Waals surface area contributed by atoms with E-state index in [4.69, 9.17) is 9.47 Å². The van der Waals surface area contributed by atoms with Crippen LogP contribution in [0.1, 0.15) is 47.0 Å². The third-order valence-corrected chi connectivity index (χ3v) is 4.70. The summed E-state index contributed by atoms with van der Waals surface area (Å²) >= 11 is 0. The molecule has 0 N–H and O–H groups in total. The number of nitro groups is 1. The lowest BCUT2D eigenvalue weighted by atomic mass is 10.1. The number of non-ortho nitro benzene ring substituents is 1. The first-order valence-electron chi connectivity index (χ1n) is 9.60. The lowest BCUT2D eigenvalue weighted by Gasteiger charge is -2.19. The molecule has 1 atom stereocenters. The van der Waals surface area contributed by atoms with Crippen LogP contribution in [0.4, 0.5) is 5.69 Å². The van der Waals surface area contributed by atoms with Crippen molar-refractivity contribution in [2.45, 2.75) is 47.0 Å². The van der Waals surface area contributed by atoms with E-state index < -0.39 is 4.92 Å². The lowest BCUT2D eigenvalue weighted by molar-refractivity contribution is -0.384. The Bertz CT molecular complexity index is 946. The van der Waals surface area contributed by atoms with E-state index in [1.165, 1.54) is 16.7 Å². The Balaban J connectivity index is 2.67. The van der Waals surface area contributed by atoms with Gasteiger partial charge in [-0.05, 0) is 31.4 Å². The molecule has 0 amide bonds. The molecule has 7 nitrogen and oxygen atoms in total. The van der Waals surface area contributed by atoms with Crippen LogP contribution in [0.2, 0.25) is 0 Å². The Kier molecular flexibility index (Phi) is 7.20. The number of fused-ring (bicyclic) bond motifs is 1. The zero-order valence-electron chi connectivity index (χ0n) is 17.2. The second-order valence-electron chi connectivity index (χ2n) is 6.90. The number of nitrogens with zero attached hydrogens (tertiary/aromatic N) is 2. The molecule has 1 heterocycles. The number of hydrogen-bond acceptors (Lipinski definition) is 5. The van der Waals surface area contributed by atoms with Crippen molar-refractivity contribution in [3.8, 4) is 11.5 Å². The molecule has 0 aliphatic heterocycles. The van der Waals surface area contributed by atoms with Gasteiger partial charge in [-0.15, -0.1) is 0 Å². The highest BCUT2D eigenvalue weighted by atomic mass is 16.6. The van der Waals surface area contributed by atoms with E-state index in [0.717, 1.165) is 12.8 Å². The molecule has 0 aliphatic rings. The van der Waals surface area contributed by atoms with E-state index in [1.807, 2.05) is 19.9 Å². The van der Waals surface area contributed by atoms with Crippen molar-refractivity contribution < 1.29 is 14.4 Å². The second kappa shape index (κ2) is 9.39. The second-order valence-corrected chi connectivity index (χ2v) is 6.90. The van der Waals surface area contributed by atoms with E-state index >= 15 is 0 Å². The molecule has 0 bridgehead atoms. The molecule has 1 aromatic heterocycles. The molecule has 0 aliphatic carbocycles. The van der Waals surface area contributed by atoms with Gasteiger partial charge in [0.15, 0.2) is 5.75 Å². The summed E-state index contributed by atoms with van der Waals surface area (Å²) in [6, 6.07) is 4.40. The predicted molar refractivity (Wildman–Crippen MR) is 110 cm³/mol. The molecular weight excluding hydrogens is 360 g/mol. The largest absolute Gasteiger partial charge is 0.485 e. The fourth-order valence-electron chi connectivity index (χ4n) is 3.08. The lowest BCUT2D eigenvalue weighted by Crippen LogP contribution is -2.23. The third-order valence-electron chi connectivity index (χ3n) is 4.70. The molecule has 152 valence electrons. The van der Waals surface area contributed by atoms with Crippen molar-refractivity contribution in [2.24, 2.45) is 13.0 Å². The number of nitro benzene ring substituents is 1. The number of aryl methyl sites for hydroxylation is 1. The SMILES string of the molecule is CC=C(CC)Oc1c(OCC(C)CCC)c(=O)n(C)c2cc([N+](=O)[O-])ccc12. The molecule has 0 saturated carbocycles. The minimum atomic E-state index is -0.481. The molecule has 2 aromatic rings. The Labute approximate surface area is 164 Å². The van der Waals surface area contributed by atoms with Crippen LogP contribution in [0.25, 0.3) is 10.9 Å². The van der Waals surface area contributed by atoms with Crippen LogP contribution in [0, 0.1) is 16.0 Å². The summed E-state index contributed by atoms with van der Waals surface area (Å²) in [6.45, 7) is 8.38. The molecule has 1 unspecified atom stereocenters. The Morgan fingerprint density at radius 1 is 1.32 bits per heavy atom. The number of benzene rings is 1. The standard InChI is InChI=1S/C21H28N2O5/c1-6-9-14(4)13-27-20-19(28-16(7-2)8-3)17-11-10-15(23(25)26)12-18(17)22(5)21(20)24/h7,10-12,14H,6,8-9,13H2,1-5H3. The summed E-state index contributed by atoms with van der Waals surface area (Å²) in [6.07, 6.45) is 4.50. The van der Waals surface area contributed by atoms with Gasteiger partial charge in [0.05, 0.1) is 22.8 Å². The highest BCUT2D eigenvalue weighted by Crippen LogP contribution is 2.36. The first-order valence-corrected chi connectivity index (χ1v) is 9.60. The van der Waals surface area contributed by atoms with Crippen LogP contribution in [-0.2, 0) is 7.05 Å². The summed E-state index contributed by atoms with van der Waals surface area (Å²) in [5.41, 5.74) is -0.0339. The summed E-state index contributed by atoms with van der Waals surface area (Å²) in [7, 11) is 1.58. The maximum absolute atomic E-state index is 13.0. The average Bonchev–Trinajstić information content (AvgIpc) is 2.68. The smallest absolute Gasteiger partial charge is 0.297 e. The molecule has 28 heavy (non-hydrogen) atoms. The minimum Gasteiger partial charge on any atom is -0.485 e. The fourth-order valence-corrected chi connectivity index (χ4v) is 3.08. The fraction of sp³-hybridized carbons (Fsp3) is 0.476. The van der Waals surface area contributed by atoms with Crippen molar-refractivity contribution in [1.29, 1.82) is 0 Å². The van der Waals surface area contributed by atoms with Gasteiger partial charge in [0.2, 0.25) is 5.75 Å². The molecule has 7 heteroatoms. The number of ether oxygens (including phenoxy) is 2. The Morgan fingerprint density at radius 2 is 2.04 bits per heavy atom. The number of pyridine rings is 1. The minimum absolute atomic E-state index is 0.0829. The molecule has 1 aromatic carbocycles. The number of hydrogen-bond donors (Lipinski definition) is 0. The number of rotatable bonds is 9. The van der Waals surface area contributed by atoms with E-state index in [-0.39, 0.29) is 17.0 Å². The van der Waals surface area contributed by atoms with Crippen LogP contribution in [0.15, 0.2) is 34.8 Å². The van der Waals surface area contributed by atoms with E-state index in [2.05, 4.69) is 13.8 Å². The third kappa shape index (κ3) is 4.52. The number of allylic oxidation sites excluding steroid dienone is 2. The van der Waals surface area contributed by atoms with Gasteiger partial charge in [0.25, 0.3) is 11.2 Å². The van der Waals surface area contributed by atoms with Gasteiger partial charge in [-0.2, -0.15) is 0 Å². The van der Waals surface area contributed by atoms with Crippen LogP contribution in [0.5, 0.6) is 11.5 Å². The monoisotopic (exact) mass is 388 g/mol. The Morgan fingerprint density at radius 3 is 2.61 bits per heavy atom. The van der Waals surface area contributed by atoms with Crippen molar-refractivity contribution in [1.82, 2.24) is 4.57 Å². The van der Waals surface area contributed by atoms with Gasteiger partial charge < -0.3 is 14.0 Å². The molecule has 0 spiro atoms. The zero-order valence-corrected chi connectivity index (χ0v) is 17.2. The van der Waals surface area contributed by atoms with Gasteiger partial charge in [-0.25, -0.2) is 0 Å². The summed E-state index contributed by atoms with van der Waals surface area (Å²) in [4.78, 5) is 23.7. The van der Waals surface area contributed by atoms with Crippen LogP contribution in [0.3, 0.4) is 0 Å². The molecular formula is C21H28N2O5.